The van der Waals surface area contributed by atoms with Gasteiger partial charge in [0.15, 0.2) is 0 Å². The van der Waals surface area contributed by atoms with E-state index in [9.17, 15) is 10.2 Å². The van der Waals surface area contributed by atoms with Gasteiger partial charge < -0.3 is 25.5 Å². The summed E-state index contributed by atoms with van der Waals surface area (Å²) in [6, 6.07) is 0. The zero-order valence-corrected chi connectivity index (χ0v) is 9.54. The minimum Gasteiger partial charge on any atom is -0.411 e. The predicted octanol–water partition coefficient (Wildman–Crippen LogP) is -0.421. The monoisotopic (exact) mass is 243 g/mol. The molecule has 0 spiro atoms. The first kappa shape index (κ1) is 13.6. The quantitative estimate of drug-likeness (QED) is 0.264. The summed E-state index contributed by atoms with van der Waals surface area (Å²) in [5, 5.41) is 39.4. The average molecular weight is 243 g/mol. The molecule has 0 bridgehead atoms. The number of nitrogens with one attached hydrogen (secondary N) is 1. The van der Waals surface area contributed by atoms with Gasteiger partial charge in [0.25, 0.3) is 0 Å². The molecule has 1 heterocycles. The summed E-state index contributed by atoms with van der Waals surface area (Å²) in [6.45, 7) is 1.44. The summed E-state index contributed by atoms with van der Waals surface area (Å²) >= 11 is 0. The Morgan fingerprint density at radius 1 is 1.53 bits per heavy atom. The number of hydrogen-bond acceptors (Lipinski definition) is 6. The van der Waals surface area contributed by atoms with Gasteiger partial charge in [0.05, 0.1) is 23.7 Å². The number of imidazole rings is 1. The molecule has 0 radical (unpaired) electrons. The van der Waals surface area contributed by atoms with Crippen LogP contribution in [0.4, 0.5) is 0 Å². The van der Waals surface area contributed by atoms with Gasteiger partial charge >= 0.3 is 0 Å². The van der Waals surface area contributed by atoms with Gasteiger partial charge in [-0.15, -0.1) is 0 Å². The molecule has 2 atom stereocenters. The van der Waals surface area contributed by atoms with Crippen LogP contribution in [0.5, 0.6) is 0 Å². The molecule has 96 valence electrons. The fourth-order valence-electron chi connectivity index (χ4n) is 1.39. The maximum atomic E-state index is 9.71. The number of aliphatic hydroxyl groups is 3. The molecule has 17 heavy (non-hydrogen) atoms. The van der Waals surface area contributed by atoms with Crippen LogP contribution in [0.3, 0.4) is 0 Å². The standard InChI is InChI=1S/C10H17N3O4/c1-6(13-17)4-9-11-5-7(12-9)10(16)8(15)2-3-14/h5,8,10,14-17H,2-4H2,1H3,(H,11,12)/b13-6+. The zero-order chi connectivity index (χ0) is 12.8. The minimum atomic E-state index is -1.12. The fourth-order valence-corrected chi connectivity index (χ4v) is 1.39. The van der Waals surface area contributed by atoms with Crippen molar-refractivity contribution in [1.82, 2.24) is 9.97 Å². The lowest BCUT2D eigenvalue weighted by Gasteiger charge is -2.14. The molecular weight excluding hydrogens is 226 g/mol. The molecular formula is C10H17N3O4. The van der Waals surface area contributed by atoms with Crippen LogP contribution in [0.25, 0.3) is 0 Å². The van der Waals surface area contributed by atoms with Crippen molar-refractivity contribution in [3.8, 4) is 0 Å². The molecule has 0 amide bonds. The third-order valence-electron chi connectivity index (χ3n) is 2.35. The predicted molar refractivity (Wildman–Crippen MR) is 59.9 cm³/mol. The second-order valence-electron chi connectivity index (χ2n) is 3.82. The van der Waals surface area contributed by atoms with Crippen LogP contribution in [-0.4, -0.2) is 48.9 Å². The van der Waals surface area contributed by atoms with Crippen LogP contribution in [0.15, 0.2) is 11.4 Å². The maximum absolute atomic E-state index is 9.71. The van der Waals surface area contributed by atoms with Crippen molar-refractivity contribution >= 4 is 5.71 Å². The number of H-pyrrole nitrogens is 1. The summed E-state index contributed by atoms with van der Waals surface area (Å²) in [5.41, 5.74) is 0.850. The van der Waals surface area contributed by atoms with E-state index in [1.807, 2.05) is 0 Å². The fraction of sp³-hybridized carbons (Fsp3) is 0.600. The Labute approximate surface area is 98.4 Å². The number of rotatable bonds is 6. The van der Waals surface area contributed by atoms with Crippen molar-refractivity contribution in [2.24, 2.45) is 5.16 Å². The Morgan fingerprint density at radius 3 is 2.82 bits per heavy atom. The zero-order valence-electron chi connectivity index (χ0n) is 9.54. The molecule has 1 rings (SSSR count). The first-order valence-electron chi connectivity index (χ1n) is 5.26. The second kappa shape index (κ2) is 6.33. The number of aliphatic hydroxyl groups excluding tert-OH is 3. The Balaban J connectivity index is 2.67. The van der Waals surface area contributed by atoms with Crippen molar-refractivity contribution < 1.29 is 20.5 Å². The van der Waals surface area contributed by atoms with Crippen molar-refractivity contribution in [3.63, 3.8) is 0 Å². The molecule has 7 nitrogen and oxygen atoms in total. The van der Waals surface area contributed by atoms with Gasteiger partial charge in [-0.05, 0) is 13.3 Å². The van der Waals surface area contributed by atoms with E-state index >= 15 is 0 Å². The Bertz CT molecular complexity index is 377. The van der Waals surface area contributed by atoms with Gasteiger partial charge in [-0.25, -0.2) is 4.98 Å². The Hall–Kier alpha value is -1.44. The van der Waals surface area contributed by atoms with Gasteiger partial charge in [0.1, 0.15) is 11.9 Å². The maximum Gasteiger partial charge on any atom is 0.121 e. The van der Waals surface area contributed by atoms with E-state index in [2.05, 4.69) is 15.1 Å². The van der Waals surface area contributed by atoms with Crippen LogP contribution in [0, 0.1) is 0 Å². The molecule has 1 aromatic rings. The van der Waals surface area contributed by atoms with E-state index in [0.717, 1.165) is 0 Å². The van der Waals surface area contributed by atoms with Crippen LogP contribution in [0.1, 0.15) is 31.0 Å². The first-order chi connectivity index (χ1) is 8.08. The van der Waals surface area contributed by atoms with Crippen LogP contribution >= 0.6 is 0 Å². The van der Waals surface area contributed by atoms with Crippen LogP contribution in [-0.2, 0) is 6.42 Å². The van der Waals surface area contributed by atoms with Crippen LogP contribution in [0.2, 0.25) is 0 Å². The van der Waals surface area contributed by atoms with Gasteiger partial charge in [0, 0.05) is 13.0 Å². The lowest BCUT2D eigenvalue weighted by atomic mass is 10.1. The van der Waals surface area contributed by atoms with Crippen LogP contribution < -0.4 is 0 Å². The minimum absolute atomic E-state index is 0.0899. The summed E-state index contributed by atoms with van der Waals surface area (Å²) in [7, 11) is 0. The lowest BCUT2D eigenvalue weighted by molar-refractivity contribution is 0.00209. The number of aromatic nitrogens is 2. The Morgan fingerprint density at radius 2 is 2.24 bits per heavy atom. The SMILES string of the molecule is C/C(Cc1ncc(C(O)C(O)CCO)[nH]1)=N\O. The lowest BCUT2D eigenvalue weighted by Crippen LogP contribution is -2.19. The summed E-state index contributed by atoms with van der Waals surface area (Å²) in [5.74, 6) is 0.533. The summed E-state index contributed by atoms with van der Waals surface area (Å²) in [6.07, 6.45) is -0.326. The number of nitrogens with zero attached hydrogens (tertiary/aromatic N) is 2. The molecule has 0 aliphatic carbocycles. The number of hydrogen-bond donors (Lipinski definition) is 5. The molecule has 0 fully saturated rings. The Kier molecular flexibility index (Phi) is 5.08. The molecule has 0 saturated heterocycles. The average Bonchev–Trinajstić information content (AvgIpc) is 2.76. The van der Waals surface area contributed by atoms with Gasteiger partial charge in [0.2, 0.25) is 0 Å². The molecule has 2 unspecified atom stereocenters. The number of aromatic amines is 1. The van der Waals surface area contributed by atoms with E-state index < -0.39 is 12.2 Å². The van der Waals surface area contributed by atoms with E-state index in [0.29, 0.717) is 23.7 Å². The van der Waals surface area contributed by atoms with E-state index in [-0.39, 0.29) is 13.0 Å². The molecule has 7 heteroatoms. The normalized spacial score (nSPS) is 15.9. The third kappa shape index (κ3) is 3.81. The largest absolute Gasteiger partial charge is 0.411 e. The van der Waals surface area contributed by atoms with Gasteiger partial charge in [-0.1, -0.05) is 5.16 Å². The highest BCUT2D eigenvalue weighted by atomic mass is 16.4. The highest BCUT2D eigenvalue weighted by Crippen LogP contribution is 2.16. The third-order valence-corrected chi connectivity index (χ3v) is 2.35. The van der Waals surface area contributed by atoms with Gasteiger partial charge in [-0.2, -0.15) is 0 Å². The summed E-state index contributed by atoms with van der Waals surface area (Å²) < 4.78 is 0. The molecule has 5 N–H and O–H groups in total. The molecule has 0 aliphatic heterocycles. The van der Waals surface area contributed by atoms with E-state index in [1.165, 1.54) is 6.20 Å². The highest BCUT2D eigenvalue weighted by Gasteiger charge is 2.19. The topological polar surface area (TPSA) is 122 Å². The molecule has 0 saturated carbocycles. The molecule has 0 aromatic carbocycles. The molecule has 1 aromatic heterocycles. The van der Waals surface area contributed by atoms with Crippen molar-refractivity contribution in [2.75, 3.05) is 6.61 Å². The summed E-state index contributed by atoms with van der Waals surface area (Å²) in [4.78, 5) is 6.81. The second-order valence-corrected chi connectivity index (χ2v) is 3.82. The van der Waals surface area contributed by atoms with Gasteiger partial charge in [-0.3, -0.25) is 0 Å². The van der Waals surface area contributed by atoms with Crippen molar-refractivity contribution in [1.29, 1.82) is 0 Å². The smallest absolute Gasteiger partial charge is 0.121 e. The molecule has 0 aliphatic rings. The first-order valence-corrected chi connectivity index (χ1v) is 5.26. The van der Waals surface area contributed by atoms with Crippen molar-refractivity contribution in [2.45, 2.75) is 32.0 Å². The number of oxime groups is 1. The van der Waals surface area contributed by atoms with E-state index in [4.69, 9.17) is 10.3 Å². The van der Waals surface area contributed by atoms with E-state index in [1.54, 1.807) is 6.92 Å². The van der Waals surface area contributed by atoms with Crippen molar-refractivity contribution in [3.05, 3.63) is 17.7 Å². The highest BCUT2D eigenvalue weighted by molar-refractivity contribution is 5.82.